The Hall–Kier alpha value is -3.94. The van der Waals surface area contributed by atoms with Gasteiger partial charge in [-0.2, -0.15) is 0 Å². The van der Waals surface area contributed by atoms with E-state index < -0.39 is 17.8 Å². The lowest BCUT2D eigenvalue weighted by Crippen LogP contribution is -2.52. The molecule has 2 aromatic carbocycles. The van der Waals surface area contributed by atoms with Gasteiger partial charge >= 0.3 is 6.03 Å². The molecule has 1 aliphatic rings. The molecule has 1 saturated heterocycles. The second-order valence-electron chi connectivity index (χ2n) is 6.79. The zero-order chi connectivity index (χ0) is 21.8. The zero-order valence-electron chi connectivity index (χ0n) is 16.8. The van der Waals surface area contributed by atoms with Gasteiger partial charge in [-0.1, -0.05) is 30.3 Å². The van der Waals surface area contributed by atoms with Crippen LogP contribution in [0.3, 0.4) is 0 Å². The number of anilines is 1. The number of para-hydroxylation sites is 1. The minimum atomic E-state index is -0.671. The van der Waals surface area contributed by atoms with E-state index in [1.54, 1.807) is 24.3 Å². The summed E-state index contributed by atoms with van der Waals surface area (Å²) in [6, 6.07) is 13.3. The van der Waals surface area contributed by atoms with Crippen LogP contribution in [0.4, 0.5) is 10.5 Å². The SMILES string of the molecule is Cc1ccccc1NC(=O)COc1ccc(C=C2C(=O)N(C)C(=O)N(C)C2=O)cc1. The van der Waals surface area contributed by atoms with Crippen LogP contribution in [0.25, 0.3) is 6.08 Å². The normalized spacial score (nSPS) is 14.1. The van der Waals surface area contributed by atoms with Gasteiger partial charge < -0.3 is 10.1 Å². The third-order valence-corrected chi connectivity index (χ3v) is 4.62. The number of rotatable bonds is 5. The maximum atomic E-state index is 12.2. The van der Waals surface area contributed by atoms with Gasteiger partial charge in [-0.15, -0.1) is 0 Å². The molecule has 8 heteroatoms. The maximum absolute atomic E-state index is 12.2. The third kappa shape index (κ3) is 4.38. The number of carbonyl (C=O) groups excluding carboxylic acids is 4. The third-order valence-electron chi connectivity index (χ3n) is 4.62. The molecule has 1 N–H and O–H groups in total. The van der Waals surface area contributed by atoms with Gasteiger partial charge in [-0.25, -0.2) is 4.79 Å². The summed E-state index contributed by atoms with van der Waals surface area (Å²) in [5.41, 5.74) is 2.15. The molecule has 30 heavy (non-hydrogen) atoms. The number of benzene rings is 2. The van der Waals surface area contributed by atoms with E-state index in [4.69, 9.17) is 4.74 Å². The van der Waals surface area contributed by atoms with Crippen molar-refractivity contribution in [3.63, 3.8) is 0 Å². The fraction of sp³-hybridized carbons (Fsp3) is 0.182. The molecule has 154 valence electrons. The smallest absolute Gasteiger partial charge is 0.333 e. The molecule has 2 aromatic rings. The first-order valence-electron chi connectivity index (χ1n) is 9.18. The van der Waals surface area contributed by atoms with E-state index in [0.717, 1.165) is 21.1 Å². The monoisotopic (exact) mass is 407 g/mol. The number of carbonyl (C=O) groups is 4. The highest BCUT2D eigenvalue weighted by Crippen LogP contribution is 2.20. The number of likely N-dealkylation sites (N-methyl/N-ethyl adjacent to an activating group) is 2. The standard InChI is InChI=1S/C22H21N3O5/c1-14-6-4-5-7-18(14)23-19(26)13-30-16-10-8-15(9-11-16)12-17-20(27)24(2)22(29)25(3)21(17)28/h4-12H,13H2,1-3H3,(H,23,26). The molecule has 0 unspecified atom stereocenters. The number of ether oxygens (including phenoxy) is 1. The molecular formula is C22H21N3O5. The van der Waals surface area contributed by atoms with Crippen LogP contribution in [0, 0.1) is 6.92 Å². The van der Waals surface area contributed by atoms with E-state index in [-0.39, 0.29) is 18.1 Å². The Morgan fingerprint density at radius 2 is 1.57 bits per heavy atom. The van der Waals surface area contributed by atoms with Gasteiger partial charge in [0.1, 0.15) is 11.3 Å². The predicted molar refractivity (Wildman–Crippen MR) is 111 cm³/mol. The van der Waals surface area contributed by atoms with Crippen molar-refractivity contribution in [2.75, 3.05) is 26.0 Å². The average molecular weight is 407 g/mol. The first-order chi connectivity index (χ1) is 14.3. The number of aryl methyl sites for hydroxylation is 1. The summed E-state index contributed by atoms with van der Waals surface area (Å²) in [6.07, 6.45) is 1.42. The topological polar surface area (TPSA) is 96.0 Å². The first-order valence-corrected chi connectivity index (χ1v) is 9.18. The van der Waals surface area contributed by atoms with Gasteiger partial charge in [-0.05, 0) is 42.3 Å². The lowest BCUT2D eigenvalue weighted by molar-refractivity contribution is -0.134. The van der Waals surface area contributed by atoms with Gasteiger partial charge in [0.2, 0.25) is 0 Å². The Kier molecular flexibility index (Phi) is 5.96. The van der Waals surface area contributed by atoms with E-state index in [9.17, 15) is 19.2 Å². The summed E-state index contributed by atoms with van der Waals surface area (Å²) in [7, 11) is 2.64. The van der Waals surface area contributed by atoms with Crippen molar-refractivity contribution in [2.45, 2.75) is 6.92 Å². The maximum Gasteiger partial charge on any atom is 0.333 e. The fourth-order valence-electron chi connectivity index (χ4n) is 2.85. The Bertz CT molecular complexity index is 1020. The molecule has 0 bridgehead atoms. The summed E-state index contributed by atoms with van der Waals surface area (Å²) in [4.78, 5) is 50.1. The molecule has 0 spiro atoms. The lowest BCUT2D eigenvalue weighted by Gasteiger charge is -2.28. The summed E-state index contributed by atoms with van der Waals surface area (Å²) in [5, 5.41) is 2.78. The van der Waals surface area contributed by atoms with Crippen molar-refractivity contribution in [3.8, 4) is 5.75 Å². The molecule has 0 aromatic heterocycles. The highest BCUT2D eigenvalue weighted by atomic mass is 16.5. The first kappa shape index (κ1) is 20.8. The van der Waals surface area contributed by atoms with E-state index in [2.05, 4.69) is 5.32 Å². The van der Waals surface area contributed by atoms with Gasteiger partial charge in [0.25, 0.3) is 17.7 Å². The largest absolute Gasteiger partial charge is 0.484 e. The molecule has 1 heterocycles. The van der Waals surface area contributed by atoms with Crippen molar-refractivity contribution in [3.05, 3.63) is 65.2 Å². The predicted octanol–water partition coefficient (Wildman–Crippen LogP) is 2.45. The quantitative estimate of drug-likeness (QED) is 0.607. The van der Waals surface area contributed by atoms with Crippen molar-refractivity contribution >= 4 is 35.5 Å². The summed E-state index contributed by atoms with van der Waals surface area (Å²) in [5.74, 6) is -1.14. The van der Waals surface area contributed by atoms with E-state index in [1.165, 1.54) is 20.2 Å². The Morgan fingerprint density at radius 1 is 0.967 bits per heavy atom. The van der Waals surface area contributed by atoms with Crippen LogP contribution < -0.4 is 10.1 Å². The van der Waals surface area contributed by atoms with E-state index in [1.807, 2.05) is 31.2 Å². The van der Waals surface area contributed by atoms with Crippen LogP contribution in [0.5, 0.6) is 5.75 Å². The van der Waals surface area contributed by atoms with Crippen LogP contribution >= 0.6 is 0 Å². The van der Waals surface area contributed by atoms with Gasteiger partial charge in [-0.3, -0.25) is 24.2 Å². The highest BCUT2D eigenvalue weighted by Gasteiger charge is 2.37. The number of nitrogens with zero attached hydrogens (tertiary/aromatic N) is 2. The second kappa shape index (κ2) is 8.60. The van der Waals surface area contributed by atoms with Crippen LogP contribution in [0.2, 0.25) is 0 Å². The summed E-state index contributed by atoms with van der Waals surface area (Å²) in [6.45, 7) is 1.74. The number of barbiturate groups is 1. The molecule has 0 atom stereocenters. The minimum Gasteiger partial charge on any atom is -0.484 e. The van der Waals surface area contributed by atoms with Crippen LogP contribution in [0.1, 0.15) is 11.1 Å². The summed E-state index contributed by atoms with van der Waals surface area (Å²) < 4.78 is 5.49. The molecule has 8 nitrogen and oxygen atoms in total. The van der Waals surface area contributed by atoms with E-state index in [0.29, 0.717) is 11.3 Å². The van der Waals surface area contributed by atoms with Crippen molar-refractivity contribution in [2.24, 2.45) is 0 Å². The van der Waals surface area contributed by atoms with Gasteiger partial charge in [0.15, 0.2) is 6.61 Å². The highest BCUT2D eigenvalue weighted by molar-refractivity contribution is 6.30. The molecular weight excluding hydrogens is 386 g/mol. The van der Waals surface area contributed by atoms with Gasteiger partial charge in [0.05, 0.1) is 0 Å². The van der Waals surface area contributed by atoms with Crippen molar-refractivity contribution in [1.82, 2.24) is 9.80 Å². The molecule has 1 aliphatic heterocycles. The molecule has 0 aliphatic carbocycles. The number of hydrogen-bond donors (Lipinski definition) is 1. The number of imide groups is 2. The van der Waals surface area contributed by atoms with E-state index >= 15 is 0 Å². The molecule has 0 radical (unpaired) electrons. The van der Waals surface area contributed by atoms with Crippen molar-refractivity contribution < 1.29 is 23.9 Å². The molecule has 0 saturated carbocycles. The molecule has 1 fully saturated rings. The number of amides is 5. The van der Waals surface area contributed by atoms with Crippen LogP contribution in [-0.2, 0) is 14.4 Å². The minimum absolute atomic E-state index is 0.106. The lowest BCUT2D eigenvalue weighted by atomic mass is 10.1. The Morgan fingerprint density at radius 3 is 2.17 bits per heavy atom. The number of hydrogen-bond acceptors (Lipinski definition) is 5. The number of nitrogens with one attached hydrogen (secondary N) is 1. The zero-order valence-corrected chi connectivity index (χ0v) is 16.8. The van der Waals surface area contributed by atoms with Gasteiger partial charge in [0, 0.05) is 19.8 Å². The second-order valence-corrected chi connectivity index (χ2v) is 6.79. The Balaban J connectivity index is 1.64. The van der Waals surface area contributed by atoms with Crippen molar-refractivity contribution in [1.29, 1.82) is 0 Å². The molecule has 3 rings (SSSR count). The summed E-state index contributed by atoms with van der Waals surface area (Å²) >= 11 is 0. The number of urea groups is 1. The fourth-order valence-corrected chi connectivity index (χ4v) is 2.85. The average Bonchev–Trinajstić information content (AvgIpc) is 2.75. The Labute approximate surface area is 173 Å². The van der Waals surface area contributed by atoms with Crippen LogP contribution in [-0.4, -0.2) is 54.3 Å². The molecule has 5 amide bonds. The van der Waals surface area contributed by atoms with Crippen LogP contribution in [0.15, 0.2) is 54.1 Å².